The molecule has 0 aliphatic heterocycles. The summed E-state index contributed by atoms with van der Waals surface area (Å²) in [5, 5.41) is 14.6. The van der Waals surface area contributed by atoms with Crippen molar-refractivity contribution in [2.45, 2.75) is 6.42 Å². The van der Waals surface area contributed by atoms with Crippen molar-refractivity contribution >= 4 is 40.5 Å². The number of hydrogen-bond donors (Lipinski definition) is 3. The first-order chi connectivity index (χ1) is 9.58. The van der Waals surface area contributed by atoms with Gasteiger partial charge in [-0.1, -0.05) is 11.6 Å². The molecule has 1 amide bonds. The van der Waals surface area contributed by atoms with E-state index in [0.29, 0.717) is 28.8 Å². The predicted octanol–water partition coefficient (Wildman–Crippen LogP) is 2.49. The van der Waals surface area contributed by atoms with Crippen molar-refractivity contribution in [1.29, 1.82) is 5.26 Å². The van der Waals surface area contributed by atoms with Crippen molar-refractivity contribution < 1.29 is 4.79 Å². The van der Waals surface area contributed by atoms with Gasteiger partial charge in [-0.05, 0) is 24.6 Å². The van der Waals surface area contributed by atoms with Crippen LogP contribution in [0.5, 0.6) is 0 Å². The number of alkyl halides is 1. The molecule has 1 aromatic rings. The Hall–Kier alpha value is -1.90. The summed E-state index contributed by atoms with van der Waals surface area (Å²) in [4.78, 5) is 11.9. The number of anilines is 2. The zero-order valence-electron chi connectivity index (χ0n) is 10.6. The van der Waals surface area contributed by atoms with E-state index in [-0.39, 0.29) is 5.57 Å². The maximum absolute atomic E-state index is 11.9. The Bertz CT molecular complexity index is 552. The van der Waals surface area contributed by atoms with E-state index in [9.17, 15) is 4.79 Å². The number of nitrogens with zero attached hydrogens (tertiary/aromatic N) is 1. The van der Waals surface area contributed by atoms with Crippen molar-refractivity contribution in [2.75, 3.05) is 23.5 Å². The second-order valence-electron chi connectivity index (χ2n) is 3.86. The molecule has 7 heteroatoms. The van der Waals surface area contributed by atoms with Crippen molar-refractivity contribution in [1.82, 2.24) is 5.32 Å². The fourth-order valence-corrected chi connectivity index (χ4v) is 1.68. The average Bonchev–Trinajstić information content (AvgIpc) is 2.42. The Balaban J connectivity index is 2.70. The molecule has 0 bridgehead atoms. The minimum Gasteiger partial charge on any atom is -0.399 e. The van der Waals surface area contributed by atoms with Gasteiger partial charge in [-0.15, -0.1) is 11.6 Å². The molecule has 0 radical (unpaired) electrons. The maximum Gasteiger partial charge on any atom is 0.267 e. The zero-order valence-corrected chi connectivity index (χ0v) is 12.1. The molecule has 106 valence electrons. The number of carbonyl (C=O) groups is 1. The van der Waals surface area contributed by atoms with E-state index in [2.05, 4.69) is 10.6 Å². The lowest BCUT2D eigenvalue weighted by atomic mass is 10.2. The summed E-state index contributed by atoms with van der Waals surface area (Å²) in [6.45, 7) is 0.588. The maximum atomic E-state index is 11.9. The Kier molecular flexibility index (Phi) is 6.71. The zero-order chi connectivity index (χ0) is 15.0. The van der Waals surface area contributed by atoms with Gasteiger partial charge in [0.15, 0.2) is 0 Å². The highest BCUT2D eigenvalue weighted by molar-refractivity contribution is 6.34. The molecule has 1 aromatic carbocycles. The molecule has 20 heavy (non-hydrogen) atoms. The molecule has 4 N–H and O–H groups in total. The lowest BCUT2D eigenvalue weighted by molar-refractivity contribution is -0.112. The van der Waals surface area contributed by atoms with E-state index in [4.69, 9.17) is 34.2 Å². The third-order valence-electron chi connectivity index (χ3n) is 2.31. The minimum atomic E-state index is -0.544. The topological polar surface area (TPSA) is 90.9 Å². The number of amides is 1. The largest absolute Gasteiger partial charge is 0.399 e. The number of hydrogen-bond acceptors (Lipinski definition) is 4. The highest BCUT2D eigenvalue weighted by Gasteiger charge is 2.11. The molecular weight excluding hydrogens is 299 g/mol. The van der Waals surface area contributed by atoms with E-state index in [1.165, 1.54) is 12.3 Å². The predicted molar refractivity (Wildman–Crippen MR) is 81.5 cm³/mol. The lowest BCUT2D eigenvalue weighted by Crippen LogP contribution is -2.17. The monoisotopic (exact) mass is 312 g/mol. The fourth-order valence-electron chi connectivity index (χ4n) is 1.31. The van der Waals surface area contributed by atoms with Gasteiger partial charge in [0.25, 0.3) is 5.91 Å². The van der Waals surface area contributed by atoms with Crippen LogP contribution in [0.4, 0.5) is 11.4 Å². The second-order valence-corrected chi connectivity index (χ2v) is 4.65. The van der Waals surface area contributed by atoms with Crippen LogP contribution in [0.25, 0.3) is 0 Å². The van der Waals surface area contributed by atoms with Gasteiger partial charge >= 0.3 is 0 Å². The van der Waals surface area contributed by atoms with E-state index in [1.54, 1.807) is 12.1 Å². The molecule has 0 fully saturated rings. The first-order valence-electron chi connectivity index (χ1n) is 5.84. The van der Waals surface area contributed by atoms with Gasteiger partial charge in [0.2, 0.25) is 0 Å². The number of nitriles is 1. The first kappa shape index (κ1) is 16.2. The molecule has 0 saturated carbocycles. The molecule has 0 aromatic heterocycles. The number of carbonyl (C=O) groups excluding carboxylic acids is 1. The number of benzene rings is 1. The Morgan fingerprint density at radius 3 is 2.85 bits per heavy atom. The van der Waals surface area contributed by atoms with Crippen LogP contribution in [0.3, 0.4) is 0 Å². The van der Waals surface area contributed by atoms with Gasteiger partial charge < -0.3 is 16.4 Å². The van der Waals surface area contributed by atoms with E-state index < -0.39 is 5.91 Å². The molecule has 1 rings (SSSR count). The highest BCUT2D eigenvalue weighted by Crippen LogP contribution is 2.24. The summed E-state index contributed by atoms with van der Waals surface area (Å²) in [5.41, 5.74) is 6.40. The van der Waals surface area contributed by atoms with Gasteiger partial charge in [-0.2, -0.15) is 5.26 Å². The van der Waals surface area contributed by atoms with Crippen LogP contribution in [-0.2, 0) is 4.79 Å². The van der Waals surface area contributed by atoms with Crippen molar-refractivity contribution in [3.05, 3.63) is 35.0 Å². The smallest absolute Gasteiger partial charge is 0.267 e. The molecule has 0 saturated heterocycles. The van der Waals surface area contributed by atoms with Crippen molar-refractivity contribution in [2.24, 2.45) is 0 Å². The normalized spacial score (nSPS) is 10.8. The van der Waals surface area contributed by atoms with Crippen LogP contribution in [0.15, 0.2) is 30.0 Å². The summed E-state index contributed by atoms with van der Waals surface area (Å²) >= 11 is 11.5. The highest BCUT2D eigenvalue weighted by atomic mass is 35.5. The lowest BCUT2D eigenvalue weighted by Gasteiger charge is -2.07. The Labute approximate surface area is 127 Å². The number of rotatable bonds is 6. The fraction of sp³-hybridized carbons (Fsp3) is 0.231. The third-order valence-corrected chi connectivity index (χ3v) is 2.89. The summed E-state index contributed by atoms with van der Waals surface area (Å²) in [5.74, 6) is -0.0341. The Morgan fingerprint density at radius 1 is 1.50 bits per heavy atom. The SMILES string of the molecule is N#C/C(=C/NCCCCl)C(=O)Nc1ccc(N)cc1Cl. The van der Waals surface area contributed by atoms with Gasteiger partial charge in [-0.25, -0.2) is 0 Å². The molecule has 0 heterocycles. The van der Waals surface area contributed by atoms with Crippen LogP contribution >= 0.6 is 23.2 Å². The summed E-state index contributed by atoms with van der Waals surface area (Å²) in [6, 6.07) is 6.52. The van der Waals surface area contributed by atoms with Crippen LogP contribution in [0.1, 0.15) is 6.42 Å². The average molecular weight is 313 g/mol. The number of nitrogens with one attached hydrogen (secondary N) is 2. The van der Waals surface area contributed by atoms with E-state index in [1.807, 2.05) is 6.07 Å². The second kappa shape index (κ2) is 8.31. The van der Waals surface area contributed by atoms with Gasteiger partial charge in [0, 0.05) is 24.3 Å². The minimum absolute atomic E-state index is 0.0486. The van der Waals surface area contributed by atoms with Crippen molar-refractivity contribution in [3.63, 3.8) is 0 Å². The van der Waals surface area contributed by atoms with Crippen LogP contribution in [-0.4, -0.2) is 18.3 Å². The molecule has 0 aliphatic rings. The van der Waals surface area contributed by atoms with Crippen LogP contribution in [0.2, 0.25) is 5.02 Å². The number of nitrogen functional groups attached to an aromatic ring is 1. The van der Waals surface area contributed by atoms with Gasteiger partial charge in [0.1, 0.15) is 11.6 Å². The number of halogens is 2. The molecule has 0 atom stereocenters. The summed E-state index contributed by atoms with van der Waals surface area (Å²) < 4.78 is 0. The standard InChI is InChI=1S/C13H14Cl2N4O/c14-4-1-5-18-8-9(7-16)13(20)19-12-3-2-10(17)6-11(12)15/h2-3,6,8,18H,1,4-5,17H2,(H,19,20)/b9-8-. The van der Waals surface area contributed by atoms with Crippen molar-refractivity contribution in [3.8, 4) is 6.07 Å². The quantitative estimate of drug-likeness (QED) is 0.247. The molecule has 5 nitrogen and oxygen atoms in total. The molecule has 0 spiro atoms. The molecule has 0 unspecified atom stereocenters. The van der Waals surface area contributed by atoms with Crippen LogP contribution < -0.4 is 16.4 Å². The van der Waals surface area contributed by atoms with E-state index in [0.717, 1.165) is 6.42 Å². The summed E-state index contributed by atoms with van der Waals surface area (Å²) in [6.07, 6.45) is 2.09. The van der Waals surface area contributed by atoms with Crippen LogP contribution in [0, 0.1) is 11.3 Å². The first-order valence-corrected chi connectivity index (χ1v) is 6.75. The van der Waals surface area contributed by atoms with Gasteiger partial charge in [0.05, 0.1) is 10.7 Å². The summed E-state index contributed by atoms with van der Waals surface area (Å²) in [7, 11) is 0. The Morgan fingerprint density at radius 2 is 2.25 bits per heavy atom. The third kappa shape index (κ3) is 5.00. The number of nitrogens with two attached hydrogens (primary N) is 1. The molecule has 0 aliphatic carbocycles. The molecular formula is C13H14Cl2N4O. The van der Waals surface area contributed by atoms with Gasteiger partial charge in [-0.3, -0.25) is 4.79 Å². The van der Waals surface area contributed by atoms with E-state index >= 15 is 0 Å².